The van der Waals surface area contributed by atoms with Gasteiger partial charge in [-0.2, -0.15) is 0 Å². The number of halogens is 2. The first-order valence-corrected chi connectivity index (χ1v) is 7.71. The van der Waals surface area contributed by atoms with Crippen LogP contribution < -0.4 is 0 Å². The molecule has 0 aliphatic rings. The second-order valence-electron chi connectivity index (χ2n) is 4.58. The van der Waals surface area contributed by atoms with Crippen LogP contribution >= 0.6 is 23.6 Å². The lowest BCUT2D eigenvalue weighted by molar-refractivity contribution is 0.150. The maximum Gasteiger partial charge on any atom is 0.152 e. The largest absolute Gasteiger partial charge is 0.396 e. The molecule has 17 heavy (non-hydrogen) atoms. The highest BCUT2D eigenvalue weighted by Crippen LogP contribution is 2.24. The normalized spacial score (nSPS) is 15.2. The van der Waals surface area contributed by atoms with Crippen LogP contribution in [0.3, 0.4) is 0 Å². The van der Waals surface area contributed by atoms with Gasteiger partial charge in [0.15, 0.2) is 9.84 Å². The van der Waals surface area contributed by atoms with Crippen LogP contribution in [0.25, 0.3) is 0 Å². The van der Waals surface area contributed by atoms with E-state index in [4.69, 9.17) is 28.7 Å². The third-order valence-corrected chi connectivity index (χ3v) is 5.03. The van der Waals surface area contributed by atoms with Crippen LogP contribution in [0.4, 0.5) is 0 Å². The molecule has 0 aromatic heterocycles. The fourth-order valence-corrected chi connectivity index (χ4v) is 3.00. The number of aliphatic hydroxyl groups excluding tert-OH is 2. The summed E-state index contributed by atoms with van der Waals surface area (Å²) >= 11 is 11.2. The van der Waals surface area contributed by atoms with E-state index in [-0.39, 0.29) is 31.0 Å². The summed E-state index contributed by atoms with van der Waals surface area (Å²) in [4.78, 5) is 0. The van der Waals surface area contributed by atoms with E-state index in [9.17, 15) is 13.5 Å². The van der Waals surface area contributed by atoms with E-state index < -0.39 is 21.5 Å². The lowest BCUT2D eigenvalue weighted by atomic mass is 10.0. The Kier molecular flexibility index (Phi) is 7.28. The zero-order chi connectivity index (χ0) is 13.7. The van der Waals surface area contributed by atoms with Crippen molar-refractivity contribution < 1.29 is 18.6 Å². The highest BCUT2D eigenvalue weighted by molar-refractivity contribution is 7.91. The van der Waals surface area contributed by atoms with Gasteiger partial charge in [-0.3, -0.25) is 0 Å². The summed E-state index contributed by atoms with van der Waals surface area (Å²) in [5.41, 5.74) is -0.655. The summed E-state index contributed by atoms with van der Waals surface area (Å²) in [6.07, 6.45) is -0.718. The van der Waals surface area contributed by atoms with Gasteiger partial charge in [-0.15, -0.1) is 3.94 Å². The van der Waals surface area contributed by atoms with Crippen molar-refractivity contribution in [2.24, 2.45) is 0 Å². The third-order valence-electron chi connectivity index (χ3n) is 2.39. The molecule has 104 valence electrons. The van der Waals surface area contributed by atoms with Crippen LogP contribution in [0.15, 0.2) is 0 Å². The van der Waals surface area contributed by atoms with Crippen molar-refractivity contribution in [3.63, 3.8) is 0 Å². The Balaban J connectivity index is 4.28. The Morgan fingerprint density at radius 1 is 1.35 bits per heavy atom. The van der Waals surface area contributed by atoms with Crippen molar-refractivity contribution in [2.75, 3.05) is 18.1 Å². The number of hydrogen-bond donors (Lipinski definition) is 2. The van der Waals surface area contributed by atoms with Crippen LogP contribution in [0, 0.1) is 0 Å². The quantitative estimate of drug-likeness (QED) is 0.652. The van der Waals surface area contributed by atoms with Crippen molar-refractivity contribution in [3.05, 3.63) is 0 Å². The first-order valence-electron chi connectivity index (χ1n) is 5.22. The third kappa shape index (κ3) is 7.43. The fraction of sp³-hybridized carbons (Fsp3) is 1.00. The van der Waals surface area contributed by atoms with Crippen LogP contribution in [-0.4, -0.2) is 52.3 Å². The lowest BCUT2D eigenvalue weighted by Crippen LogP contribution is -2.34. The van der Waals surface area contributed by atoms with Gasteiger partial charge in [0.05, 0.1) is 17.6 Å². The Bertz CT molecular complexity index is 319. The topological polar surface area (TPSA) is 77.8 Å². The number of sulfone groups is 1. The lowest BCUT2D eigenvalue weighted by Gasteiger charge is -2.27. The molecule has 2 N–H and O–H groups in total. The number of aliphatic hydroxyl groups is 2. The van der Waals surface area contributed by atoms with Gasteiger partial charge in [0, 0.05) is 12.1 Å². The van der Waals surface area contributed by atoms with E-state index in [0.29, 0.717) is 0 Å². The molecule has 0 saturated heterocycles. The van der Waals surface area contributed by atoms with E-state index in [1.54, 1.807) is 13.8 Å². The minimum atomic E-state index is -3.37. The predicted octanol–water partition coefficient (Wildman–Crippen LogP) is 0.923. The molecule has 0 aliphatic carbocycles. The van der Waals surface area contributed by atoms with Gasteiger partial charge in [0.1, 0.15) is 0 Å². The van der Waals surface area contributed by atoms with Crippen LogP contribution in [0.1, 0.15) is 26.7 Å². The van der Waals surface area contributed by atoms with Gasteiger partial charge in [-0.1, -0.05) is 0 Å². The molecule has 1 unspecified atom stereocenters. The summed E-state index contributed by atoms with van der Waals surface area (Å²) in [6, 6.07) is 0. The molecule has 0 fully saturated rings. The second-order valence-corrected chi connectivity index (χ2v) is 7.65. The average Bonchev–Trinajstić information content (AvgIpc) is 2.14. The molecule has 0 amide bonds. The summed E-state index contributed by atoms with van der Waals surface area (Å²) in [7, 11) is -3.37. The highest BCUT2D eigenvalue weighted by atomic mass is 35.5. The maximum atomic E-state index is 11.6. The van der Waals surface area contributed by atoms with E-state index >= 15 is 0 Å². The smallest absolute Gasteiger partial charge is 0.152 e. The molecule has 1 atom stereocenters. The number of nitrogens with zero attached hydrogens (tertiary/aromatic N) is 1. The summed E-state index contributed by atoms with van der Waals surface area (Å²) < 4.78 is 24.2. The van der Waals surface area contributed by atoms with Crippen molar-refractivity contribution in [2.45, 2.75) is 38.3 Å². The highest BCUT2D eigenvalue weighted by Gasteiger charge is 2.27. The molecule has 5 nitrogen and oxygen atoms in total. The zero-order valence-corrected chi connectivity index (χ0v) is 12.3. The standard InChI is InChI=1S/C9H19Cl2NO4S/c1-9(2,12(10)11)4-6-17(15,16)7-8(14)3-5-13/h8,13-14H,3-7H2,1-2H3. The molecule has 0 aliphatic heterocycles. The van der Waals surface area contributed by atoms with Gasteiger partial charge in [0.25, 0.3) is 0 Å². The van der Waals surface area contributed by atoms with Gasteiger partial charge in [0.2, 0.25) is 0 Å². The Labute approximate surface area is 112 Å². The van der Waals surface area contributed by atoms with Gasteiger partial charge in [-0.05, 0) is 50.2 Å². The van der Waals surface area contributed by atoms with E-state index in [1.165, 1.54) is 0 Å². The van der Waals surface area contributed by atoms with Crippen LogP contribution in [0.5, 0.6) is 0 Å². The number of rotatable bonds is 8. The second kappa shape index (κ2) is 7.11. The number of hydrogen-bond acceptors (Lipinski definition) is 5. The van der Waals surface area contributed by atoms with E-state index in [1.807, 2.05) is 0 Å². The molecule has 0 radical (unpaired) electrons. The first-order chi connectivity index (χ1) is 7.60. The molecule has 0 aromatic rings. The molecule has 0 saturated carbocycles. The monoisotopic (exact) mass is 307 g/mol. The van der Waals surface area contributed by atoms with Crippen molar-refractivity contribution >= 4 is 33.4 Å². The van der Waals surface area contributed by atoms with Gasteiger partial charge in [-0.25, -0.2) is 8.42 Å². The SMILES string of the molecule is CC(C)(CCS(=O)(=O)CC(O)CCO)N(Cl)Cl. The molecule has 0 aromatic carbocycles. The van der Waals surface area contributed by atoms with Crippen LogP contribution in [-0.2, 0) is 9.84 Å². The minimum absolute atomic E-state index is 0.0553. The summed E-state index contributed by atoms with van der Waals surface area (Å²) in [6.45, 7) is 3.19. The molecular formula is C9H19Cl2NO4S. The minimum Gasteiger partial charge on any atom is -0.396 e. The van der Waals surface area contributed by atoms with Crippen molar-refractivity contribution in [1.29, 1.82) is 0 Å². The predicted molar refractivity (Wildman–Crippen MR) is 68.6 cm³/mol. The molecule has 0 bridgehead atoms. The van der Waals surface area contributed by atoms with Crippen molar-refractivity contribution in [1.82, 2.24) is 3.94 Å². The molecule has 0 heterocycles. The van der Waals surface area contributed by atoms with Gasteiger partial charge >= 0.3 is 0 Å². The molecule has 0 rings (SSSR count). The summed E-state index contributed by atoms with van der Waals surface area (Å²) in [5.74, 6) is -0.466. The average molecular weight is 308 g/mol. The Morgan fingerprint density at radius 3 is 2.29 bits per heavy atom. The fourth-order valence-electron chi connectivity index (χ4n) is 1.10. The molecule has 0 spiro atoms. The Hall–Kier alpha value is 0.410. The van der Waals surface area contributed by atoms with Gasteiger partial charge < -0.3 is 10.2 Å². The first kappa shape index (κ1) is 17.4. The Morgan fingerprint density at radius 2 is 1.88 bits per heavy atom. The molecule has 8 heteroatoms. The summed E-state index contributed by atoms with van der Waals surface area (Å²) in [5, 5.41) is 17.9. The van der Waals surface area contributed by atoms with Crippen LogP contribution in [0.2, 0.25) is 0 Å². The van der Waals surface area contributed by atoms with E-state index in [0.717, 1.165) is 3.94 Å². The maximum absolute atomic E-state index is 11.6. The molecular weight excluding hydrogens is 289 g/mol. The van der Waals surface area contributed by atoms with E-state index in [2.05, 4.69) is 0 Å². The van der Waals surface area contributed by atoms with Crippen molar-refractivity contribution in [3.8, 4) is 0 Å². The zero-order valence-electron chi connectivity index (χ0n) is 9.94.